The van der Waals surface area contributed by atoms with E-state index in [9.17, 15) is 0 Å². The van der Waals surface area contributed by atoms with E-state index in [4.69, 9.17) is 4.74 Å². The van der Waals surface area contributed by atoms with Gasteiger partial charge < -0.3 is 4.74 Å². The zero-order valence-corrected chi connectivity index (χ0v) is 15.5. The fourth-order valence-electron chi connectivity index (χ4n) is 3.05. The van der Waals surface area contributed by atoms with Gasteiger partial charge in [-0.25, -0.2) is 0 Å². The minimum Gasteiger partial charge on any atom is -0.494 e. The monoisotopic (exact) mass is 356 g/mol. The predicted molar refractivity (Wildman–Crippen MR) is 112 cm³/mol. The molecule has 4 aromatic rings. The number of benzene rings is 3. The van der Waals surface area contributed by atoms with Crippen molar-refractivity contribution in [2.24, 2.45) is 0 Å². The Kier molecular flexibility index (Phi) is 4.85. The SMILES string of the molecule is CCOc1ccc(-c2cc(-c3ccccc3)sc2-c2ccccc2)cc1. The van der Waals surface area contributed by atoms with Gasteiger partial charge in [-0.05, 0) is 41.8 Å². The lowest BCUT2D eigenvalue weighted by Gasteiger charge is -2.06. The zero-order valence-electron chi connectivity index (χ0n) is 14.7. The quantitative estimate of drug-likeness (QED) is 0.369. The molecule has 0 saturated heterocycles. The molecule has 1 nitrogen and oxygen atoms in total. The molecule has 0 aliphatic carbocycles. The first-order valence-electron chi connectivity index (χ1n) is 8.83. The highest BCUT2D eigenvalue weighted by molar-refractivity contribution is 7.19. The second kappa shape index (κ2) is 7.59. The van der Waals surface area contributed by atoms with E-state index in [2.05, 4.69) is 78.9 Å². The molecule has 0 atom stereocenters. The van der Waals surface area contributed by atoms with Crippen LogP contribution in [0.5, 0.6) is 5.75 Å². The molecule has 0 bridgehead atoms. The van der Waals surface area contributed by atoms with Crippen molar-refractivity contribution < 1.29 is 4.74 Å². The fraction of sp³-hybridized carbons (Fsp3) is 0.0833. The summed E-state index contributed by atoms with van der Waals surface area (Å²) in [5.41, 5.74) is 4.99. The second-order valence-corrected chi connectivity index (χ2v) is 7.10. The molecule has 3 aromatic carbocycles. The Labute approximate surface area is 158 Å². The van der Waals surface area contributed by atoms with Crippen LogP contribution in [-0.2, 0) is 0 Å². The normalized spacial score (nSPS) is 10.7. The van der Waals surface area contributed by atoms with Gasteiger partial charge in [0, 0.05) is 15.3 Å². The highest BCUT2D eigenvalue weighted by Gasteiger charge is 2.14. The summed E-state index contributed by atoms with van der Waals surface area (Å²) in [6.45, 7) is 2.69. The molecule has 0 fully saturated rings. The fourth-order valence-corrected chi connectivity index (χ4v) is 4.24. The van der Waals surface area contributed by atoms with Gasteiger partial charge in [-0.2, -0.15) is 0 Å². The highest BCUT2D eigenvalue weighted by Crippen LogP contribution is 2.43. The van der Waals surface area contributed by atoms with Crippen LogP contribution in [0.4, 0.5) is 0 Å². The highest BCUT2D eigenvalue weighted by atomic mass is 32.1. The molecule has 0 N–H and O–H groups in total. The van der Waals surface area contributed by atoms with Crippen molar-refractivity contribution in [3.8, 4) is 37.8 Å². The van der Waals surface area contributed by atoms with Crippen molar-refractivity contribution in [1.82, 2.24) is 0 Å². The maximum Gasteiger partial charge on any atom is 0.119 e. The van der Waals surface area contributed by atoms with E-state index in [-0.39, 0.29) is 0 Å². The molecule has 0 aliphatic heterocycles. The molecule has 1 aromatic heterocycles. The molecule has 0 radical (unpaired) electrons. The van der Waals surface area contributed by atoms with E-state index >= 15 is 0 Å². The van der Waals surface area contributed by atoms with E-state index in [0.717, 1.165) is 5.75 Å². The summed E-state index contributed by atoms with van der Waals surface area (Å²) in [4.78, 5) is 2.59. The van der Waals surface area contributed by atoms with Crippen molar-refractivity contribution >= 4 is 11.3 Å². The molecule has 1 heterocycles. The Balaban J connectivity index is 1.83. The van der Waals surface area contributed by atoms with Gasteiger partial charge in [0.2, 0.25) is 0 Å². The second-order valence-electron chi connectivity index (χ2n) is 6.04. The standard InChI is InChI=1S/C24H20OS/c1-2-25-21-15-13-18(14-16-21)22-17-23(19-9-5-3-6-10-19)26-24(22)20-11-7-4-8-12-20/h3-17H,2H2,1H3. The van der Waals surface area contributed by atoms with E-state index in [1.54, 1.807) is 0 Å². The smallest absolute Gasteiger partial charge is 0.119 e. The largest absolute Gasteiger partial charge is 0.494 e. The molecule has 0 aliphatic rings. The molecule has 0 unspecified atom stereocenters. The van der Waals surface area contributed by atoms with E-state index in [0.29, 0.717) is 6.61 Å². The van der Waals surface area contributed by atoms with Gasteiger partial charge in [0.1, 0.15) is 5.75 Å². The minimum absolute atomic E-state index is 0.686. The van der Waals surface area contributed by atoms with Crippen LogP contribution >= 0.6 is 11.3 Å². The summed E-state index contributed by atoms with van der Waals surface area (Å²) in [6, 6.07) is 31.9. The van der Waals surface area contributed by atoms with Crippen molar-refractivity contribution in [3.05, 3.63) is 91.0 Å². The Bertz CT molecular complexity index is 970. The molecular weight excluding hydrogens is 336 g/mol. The number of thiophene rings is 1. The van der Waals surface area contributed by atoms with Gasteiger partial charge in [-0.15, -0.1) is 11.3 Å². The molecule has 4 rings (SSSR count). The molecule has 2 heteroatoms. The summed E-state index contributed by atoms with van der Waals surface area (Å²) >= 11 is 1.84. The third-order valence-corrected chi connectivity index (χ3v) is 5.54. The van der Waals surface area contributed by atoms with E-state index in [1.165, 1.54) is 32.0 Å². The average Bonchev–Trinajstić information content (AvgIpc) is 3.16. The molecule has 128 valence electrons. The summed E-state index contributed by atoms with van der Waals surface area (Å²) in [7, 11) is 0. The van der Waals surface area contributed by atoms with Crippen molar-refractivity contribution in [3.63, 3.8) is 0 Å². The first-order chi connectivity index (χ1) is 12.8. The summed E-state index contributed by atoms with van der Waals surface area (Å²) in [6.07, 6.45) is 0. The summed E-state index contributed by atoms with van der Waals surface area (Å²) < 4.78 is 5.59. The minimum atomic E-state index is 0.686. The molecular formula is C24H20OS. The third-order valence-electron chi connectivity index (χ3n) is 4.30. The lowest BCUT2D eigenvalue weighted by Crippen LogP contribution is -1.90. The maximum absolute atomic E-state index is 5.59. The number of hydrogen-bond donors (Lipinski definition) is 0. The Morgan fingerprint density at radius 2 is 1.31 bits per heavy atom. The lowest BCUT2D eigenvalue weighted by molar-refractivity contribution is 0.340. The molecule has 0 amide bonds. The Morgan fingerprint density at radius 1 is 0.692 bits per heavy atom. The van der Waals surface area contributed by atoms with Crippen LogP contribution in [-0.4, -0.2) is 6.61 Å². The van der Waals surface area contributed by atoms with Crippen LogP contribution < -0.4 is 4.74 Å². The topological polar surface area (TPSA) is 9.23 Å². The summed E-state index contributed by atoms with van der Waals surface area (Å²) in [5, 5.41) is 0. The third kappa shape index (κ3) is 3.42. The molecule has 0 saturated carbocycles. The zero-order chi connectivity index (χ0) is 17.8. The van der Waals surface area contributed by atoms with Gasteiger partial charge in [0.15, 0.2) is 0 Å². The van der Waals surface area contributed by atoms with Gasteiger partial charge >= 0.3 is 0 Å². The first kappa shape index (κ1) is 16.6. The average molecular weight is 356 g/mol. The Morgan fingerprint density at radius 3 is 1.92 bits per heavy atom. The van der Waals surface area contributed by atoms with Crippen LogP contribution in [0.1, 0.15) is 6.92 Å². The van der Waals surface area contributed by atoms with Gasteiger partial charge in [0.25, 0.3) is 0 Å². The predicted octanol–water partition coefficient (Wildman–Crippen LogP) is 7.15. The Hall–Kier alpha value is -2.84. The number of hydrogen-bond acceptors (Lipinski definition) is 2. The van der Waals surface area contributed by atoms with Gasteiger partial charge in [-0.1, -0.05) is 72.8 Å². The van der Waals surface area contributed by atoms with Crippen LogP contribution in [0.2, 0.25) is 0 Å². The van der Waals surface area contributed by atoms with Crippen LogP contribution in [0, 0.1) is 0 Å². The number of ether oxygens (including phenoxy) is 1. The maximum atomic E-state index is 5.59. The van der Waals surface area contributed by atoms with Crippen molar-refractivity contribution in [1.29, 1.82) is 0 Å². The van der Waals surface area contributed by atoms with E-state index < -0.39 is 0 Å². The number of rotatable bonds is 5. The van der Waals surface area contributed by atoms with Crippen molar-refractivity contribution in [2.75, 3.05) is 6.61 Å². The summed E-state index contributed by atoms with van der Waals surface area (Å²) in [5.74, 6) is 0.913. The van der Waals surface area contributed by atoms with Gasteiger partial charge in [0.05, 0.1) is 6.61 Å². The first-order valence-corrected chi connectivity index (χ1v) is 9.64. The van der Waals surface area contributed by atoms with E-state index in [1.807, 2.05) is 30.4 Å². The lowest BCUT2D eigenvalue weighted by atomic mass is 10.0. The van der Waals surface area contributed by atoms with Crippen LogP contribution in [0.3, 0.4) is 0 Å². The van der Waals surface area contributed by atoms with Gasteiger partial charge in [-0.3, -0.25) is 0 Å². The van der Waals surface area contributed by atoms with Crippen LogP contribution in [0.15, 0.2) is 91.0 Å². The van der Waals surface area contributed by atoms with Crippen molar-refractivity contribution in [2.45, 2.75) is 6.92 Å². The molecule has 26 heavy (non-hydrogen) atoms. The van der Waals surface area contributed by atoms with Crippen LogP contribution in [0.25, 0.3) is 32.0 Å². The molecule has 0 spiro atoms.